The van der Waals surface area contributed by atoms with Crippen molar-refractivity contribution in [3.05, 3.63) is 53.4 Å². The van der Waals surface area contributed by atoms with Crippen molar-refractivity contribution in [2.45, 2.75) is 25.2 Å². The Balaban J connectivity index is 1.55. The van der Waals surface area contributed by atoms with E-state index in [1.807, 2.05) is 18.2 Å². The van der Waals surface area contributed by atoms with Crippen LogP contribution >= 0.6 is 0 Å². The molecule has 19 heavy (non-hydrogen) atoms. The highest BCUT2D eigenvalue weighted by atomic mass is 16.5. The first-order valence-corrected chi connectivity index (χ1v) is 6.61. The molecule has 1 aliphatic carbocycles. The number of amides is 1. The SMILES string of the molecule is O=C(NCCc1ccccc1)c1nocc1C1CC1. The maximum Gasteiger partial charge on any atom is 0.273 e. The zero-order chi connectivity index (χ0) is 13.1. The number of benzene rings is 1. The van der Waals surface area contributed by atoms with E-state index in [9.17, 15) is 4.79 Å². The van der Waals surface area contributed by atoms with Crippen LogP contribution in [0.3, 0.4) is 0 Å². The summed E-state index contributed by atoms with van der Waals surface area (Å²) in [5.74, 6) is 0.340. The lowest BCUT2D eigenvalue weighted by Gasteiger charge is -2.04. The molecule has 1 aromatic heterocycles. The molecule has 0 bridgehead atoms. The van der Waals surface area contributed by atoms with E-state index in [-0.39, 0.29) is 5.91 Å². The lowest BCUT2D eigenvalue weighted by atomic mass is 10.1. The van der Waals surface area contributed by atoms with E-state index in [1.165, 1.54) is 5.56 Å². The highest BCUT2D eigenvalue weighted by Gasteiger charge is 2.30. The van der Waals surface area contributed by atoms with E-state index in [2.05, 4.69) is 22.6 Å². The van der Waals surface area contributed by atoms with E-state index in [1.54, 1.807) is 6.26 Å². The van der Waals surface area contributed by atoms with Gasteiger partial charge in [0.05, 0.1) is 0 Å². The Bertz CT molecular complexity index is 559. The summed E-state index contributed by atoms with van der Waals surface area (Å²) in [5.41, 5.74) is 2.62. The molecule has 0 unspecified atom stereocenters. The number of carbonyl (C=O) groups is 1. The zero-order valence-electron chi connectivity index (χ0n) is 10.6. The quantitative estimate of drug-likeness (QED) is 0.894. The molecular weight excluding hydrogens is 240 g/mol. The third-order valence-corrected chi connectivity index (χ3v) is 3.37. The number of carbonyl (C=O) groups excluding carboxylic acids is 1. The first kappa shape index (κ1) is 12.0. The van der Waals surface area contributed by atoms with Crippen molar-refractivity contribution in [2.24, 2.45) is 0 Å². The first-order valence-electron chi connectivity index (χ1n) is 6.61. The average molecular weight is 256 g/mol. The second-order valence-corrected chi connectivity index (χ2v) is 4.88. The minimum atomic E-state index is -0.133. The molecule has 1 fully saturated rings. The molecule has 2 aromatic rings. The Kier molecular flexibility index (Phi) is 3.31. The van der Waals surface area contributed by atoms with Gasteiger partial charge in [-0.15, -0.1) is 0 Å². The summed E-state index contributed by atoms with van der Waals surface area (Å²) in [6.45, 7) is 0.611. The van der Waals surface area contributed by atoms with E-state index in [0.29, 0.717) is 18.2 Å². The van der Waals surface area contributed by atoms with Crippen molar-refractivity contribution in [1.29, 1.82) is 0 Å². The third-order valence-electron chi connectivity index (χ3n) is 3.37. The Morgan fingerprint density at radius 3 is 2.84 bits per heavy atom. The average Bonchev–Trinajstić information content (AvgIpc) is 3.17. The number of rotatable bonds is 5. The van der Waals surface area contributed by atoms with Gasteiger partial charge in [-0.2, -0.15) is 0 Å². The van der Waals surface area contributed by atoms with Crippen LogP contribution < -0.4 is 5.32 Å². The summed E-state index contributed by atoms with van der Waals surface area (Å²) in [6.07, 6.45) is 4.68. The minimum Gasteiger partial charge on any atom is -0.364 e. The molecule has 4 heteroatoms. The third kappa shape index (κ3) is 2.84. The topological polar surface area (TPSA) is 55.1 Å². The van der Waals surface area contributed by atoms with Crippen LogP contribution in [0.5, 0.6) is 0 Å². The van der Waals surface area contributed by atoms with Gasteiger partial charge in [0.15, 0.2) is 5.69 Å². The van der Waals surface area contributed by atoms with Crippen molar-refractivity contribution in [3.63, 3.8) is 0 Å². The van der Waals surface area contributed by atoms with Crippen LogP contribution in [0.1, 0.15) is 40.4 Å². The van der Waals surface area contributed by atoms with Gasteiger partial charge in [0, 0.05) is 12.1 Å². The highest BCUT2D eigenvalue weighted by Crippen LogP contribution is 2.41. The van der Waals surface area contributed by atoms with Crippen LogP contribution in [0.2, 0.25) is 0 Å². The molecular formula is C15H16N2O2. The zero-order valence-corrected chi connectivity index (χ0v) is 10.6. The molecule has 0 aliphatic heterocycles. The summed E-state index contributed by atoms with van der Waals surface area (Å²) < 4.78 is 4.92. The molecule has 98 valence electrons. The maximum atomic E-state index is 12.0. The van der Waals surface area contributed by atoms with Crippen LogP contribution in [0.25, 0.3) is 0 Å². The van der Waals surface area contributed by atoms with E-state index in [4.69, 9.17) is 4.52 Å². The smallest absolute Gasteiger partial charge is 0.273 e. The van der Waals surface area contributed by atoms with Crippen LogP contribution in [0.4, 0.5) is 0 Å². The molecule has 1 N–H and O–H groups in total. The Labute approximate surface area is 111 Å². The summed E-state index contributed by atoms with van der Waals surface area (Å²) in [6, 6.07) is 10.1. The summed E-state index contributed by atoms with van der Waals surface area (Å²) in [5, 5.41) is 6.71. The van der Waals surface area contributed by atoms with Crippen molar-refractivity contribution in [2.75, 3.05) is 6.54 Å². The lowest BCUT2D eigenvalue weighted by molar-refractivity contribution is 0.0944. The van der Waals surface area contributed by atoms with Gasteiger partial charge in [-0.05, 0) is 30.7 Å². The predicted molar refractivity (Wildman–Crippen MR) is 71.0 cm³/mol. The number of hydrogen-bond donors (Lipinski definition) is 1. The lowest BCUT2D eigenvalue weighted by Crippen LogP contribution is -2.26. The molecule has 1 aromatic carbocycles. The van der Waals surface area contributed by atoms with Crippen LogP contribution in [-0.4, -0.2) is 17.6 Å². The molecule has 1 heterocycles. The Hall–Kier alpha value is -2.10. The van der Waals surface area contributed by atoms with Gasteiger partial charge in [0.25, 0.3) is 5.91 Å². The van der Waals surface area contributed by atoms with Gasteiger partial charge in [-0.1, -0.05) is 35.5 Å². The molecule has 1 aliphatic rings. The fraction of sp³-hybridized carbons (Fsp3) is 0.333. The summed E-state index contributed by atoms with van der Waals surface area (Å²) in [4.78, 5) is 12.0. The number of aromatic nitrogens is 1. The van der Waals surface area contributed by atoms with Gasteiger partial charge >= 0.3 is 0 Å². The summed E-state index contributed by atoms with van der Waals surface area (Å²) >= 11 is 0. The molecule has 4 nitrogen and oxygen atoms in total. The normalized spacial score (nSPS) is 14.3. The van der Waals surface area contributed by atoms with Gasteiger partial charge in [0.2, 0.25) is 0 Å². The van der Waals surface area contributed by atoms with Gasteiger partial charge < -0.3 is 9.84 Å². The Morgan fingerprint density at radius 2 is 2.11 bits per heavy atom. The van der Waals surface area contributed by atoms with Crippen LogP contribution in [-0.2, 0) is 6.42 Å². The second-order valence-electron chi connectivity index (χ2n) is 4.88. The maximum absolute atomic E-state index is 12.0. The fourth-order valence-electron chi connectivity index (χ4n) is 2.15. The van der Waals surface area contributed by atoms with Crippen molar-refractivity contribution >= 4 is 5.91 Å². The van der Waals surface area contributed by atoms with Gasteiger partial charge in [0.1, 0.15) is 6.26 Å². The molecule has 0 radical (unpaired) electrons. The first-order chi connectivity index (χ1) is 9.34. The van der Waals surface area contributed by atoms with Crippen LogP contribution in [0.15, 0.2) is 41.1 Å². The van der Waals surface area contributed by atoms with Crippen molar-refractivity contribution in [1.82, 2.24) is 10.5 Å². The van der Waals surface area contributed by atoms with E-state index in [0.717, 1.165) is 24.8 Å². The predicted octanol–water partition coefficient (Wildman–Crippen LogP) is 2.52. The molecule has 1 saturated carbocycles. The minimum absolute atomic E-state index is 0.133. The fourth-order valence-corrected chi connectivity index (χ4v) is 2.15. The van der Waals surface area contributed by atoms with E-state index < -0.39 is 0 Å². The number of nitrogens with zero attached hydrogens (tertiary/aromatic N) is 1. The second kappa shape index (κ2) is 5.26. The molecule has 0 spiro atoms. The molecule has 0 atom stereocenters. The van der Waals surface area contributed by atoms with E-state index >= 15 is 0 Å². The Morgan fingerprint density at radius 1 is 1.32 bits per heavy atom. The van der Waals surface area contributed by atoms with Crippen LogP contribution in [0, 0.1) is 0 Å². The van der Waals surface area contributed by atoms with Gasteiger partial charge in [-0.3, -0.25) is 4.79 Å². The molecule has 1 amide bonds. The largest absolute Gasteiger partial charge is 0.364 e. The molecule has 0 saturated heterocycles. The van der Waals surface area contributed by atoms with Gasteiger partial charge in [-0.25, -0.2) is 0 Å². The number of hydrogen-bond acceptors (Lipinski definition) is 3. The molecule has 3 rings (SSSR count). The number of nitrogens with one attached hydrogen (secondary N) is 1. The monoisotopic (exact) mass is 256 g/mol. The highest BCUT2D eigenvalue weighted by molar-refractivity contribution is 5.93. The van der Waals surface area contributed by atoms with Crippen molar-refractivity contribution < 1.29 is 9.32 Å². The van der Waals surface area contributed by atoms with Crippen molar-refractivity contribution in [3.8, 4) is 0 Å². The standard InChI is InChI=1S/C15H16N2O2/c18-15(14-13(10-19-17-14)12-6-7-12)16-9-8-11-4-2-1-3-5-11/h1-5,10,12H,6-9H2,(H,16,18). The summed E-state index contributed by atoms with van der Waals surface area (Å²) in [7, 11) is 0.